The largest absolute Gasteiger partial charge is 0.372 e. The molecule has 2 aromatic heterocycles. The first kappa shape index (κ1) is 21.6. The van der Waals surface area contributed by atoms with Gasteiger partial charge in [0.2, 0.25) is 0 Å². The predicted octanol–water partition coefficient (Wildman–Crippen LogP) is 4.14. The number of hydrogen-bond acceptors (Lipinski definition) is 5. The molecule has 3 aromatic rings. The summed E-state index contributed by atoms with van der Waals surface area (Å²) in [5.74, 6) is 0.491. The Labute approximate surface area is 183 Å². The number of ether oxygens (including phenoxy) is 1. The van der Waals surface area contributed by atoms with Crippen LogP contribution < -0.4 is 10.5 Å². The van der Waals surface area contributed by atoms with Crippen molar-refractivity contribution in [1.82, 2.24) is 14.5 Å². The molecule has 0 spiro atoms. The number of alkyl halides is 1. The molecule has 0 N–H and O–H groups in total. The van der Waals surface area contributed by atoms with Crippen LogP contribution >= 0.6 is 11.6 Å². The summed E-state index contributed by atoms with van der Waals surface area (Å²) in [4.78, 5) is 24.5. The fourth-order valence-electron chi connectivity index (χ4n) is 3.88. The van der Waals surface area contributed by atoms with Crippen molar-refractivity contribution in [2.75, 3.05) is 31.3 Å². The van der Waals surface area contributed by atoms with Crippen molar-refractivity contribution in [2.24, 2.45) is 0 Å². The van der Waals surface area contributed by atoms with Crippen molar-refractivity contribution in [3.05, 3.63) is 51.3 Å². The zero-order valence-corrected chi connectivity index (χ0v) is 18.1. The van der Waals surface area contributed by atoms with E-state index in [0.717, 1.165) is 6.42 Å². The highest BCUT2D eigenvalue weighted by molar-refractivity contribution is 6.30. The summed E-state index contributed by atoms with van der Waals surface area (Å²) in [5, 5.41) is 0.498. The molecule has 0 radical (unpaired) electrons. The SMILES string of the molecule is CCCn1c(C)nc2cc(N3CCO[C@H](CF)C3)nc(-c3ccc(Cl)cc3F)c2c1=O. The lowest BCUT2D eigenvalue weighted by Gasteiger charge is -2.32. The number of nitrogens with zero attached hydrogens (tertiary/aromatic N) is 4. The maximum Gasteiger partial charge on any atom is 0.263 e. The Morgan fingerprint density at radius 2 is 2.10 bits per heavy atom. The van der Waals surface area contributed by atoms with Crippen LogP contribution in [0.15, 0.2) is 29.1 Å². The first-order chi connectivity index (χ1) is 14.9. The van der Waals surface area contributed by atoms with Gasteiger partial charge in [0.05, 0.1) is 23.2 Å². The molecule has 31 heavy (non-hydrogen) atoms. The molecule has 164 valence electrons. The summed E-state index contributed by atoms with van der Waals surface area (Å²) < 4.78 is 35.0. The highest BCUT2D eigenvalue weighted by Crippen LogP contribution is 2.31. The molecule has 1 aliphatic heterocycles. The maximum absolute atomic E-state index is 14.9. The van der Waals surface area contributed by atoms with Crippen LogP contribution in [0.3, 0.4) is 0 Å². The van der Waals surface area contributed by atoms with Gasteiger partial charge in [-0.25, -0.2) is 18.7 Å². The van der Waals surface area contributed by atoms with Crippen molar-refractivity contribution in [3.8, 4) is 11.3 Å². The Morgan fingerprint density at radius 1 is 1.29 bits per heavy atom. The Morgan fingerprint density at radius 3 is 2.81 bits per heavy atom. The monoisotopic (exact) mass is 448 g/mol. The molecule has 0 bridgehead atoms. The van der Waals surface area contributed by atoms with E-state index < -0.39 is 18.6 Å². The number of benzene rings is 1. The summed E-state index contributed by atoms with van der Waals surface area (Å²) in [5.41, 5.74) is 0.522. The quantitative estimate of drug-likeness (QED) is 0.587. The van der Waals surface area contributed by atoms with E-state index in [1.165, 1.54) is 12.1 Å². The summed E-state index contributed by atoms with van der Waals surface area (Å²) >= 11 is 5.93. The van der Waals surface area contributed by atoms with E-state index in [4.69, 9.17) is 16.3 Å². The average molecular weight is 449 g/mol. The van der Waals surface area contributed by atoms with Gasteiger partial charge in [-0.2, -0.15) is 0 Å². The van der Waals surface area contributed by atoms with E-state index in [0.29, 0.717) is 43.4 Å². The molecular weight excluding hydrogens is 426 g/mol. The molecule has 0 saturated carbocycles. The normalized spacial score (nSPS) is 16.8. The van der Waals surface area contributed by atoms with Crippen LogP contribution in [-0.2, 0) is 11.3 Å². The second-order valence-electron chi connectivity index (χ2n) is 7.56. The van der Waals surface area contributed by atoms with Crippen LogP contribution in [0.4, 0.5) is 14.6 Å². The van der Waals surface area contributed by atoms with Crippen LogP contribution in [-0.4, -0.2) is 47.0 Å². The van der Waals surface area contributed by atoms with Crippen molar-refractivity contribution in [3.63, 3.8) is 0 Å². The van der Waals surface area contributed by atoms with Crippen LogP contribution in [0.1, 0.15) is 19.2 Å². The first-order valence-corrected chi connectivity index (χ1v) is 10.6. The van der Waals surface area contributed by atoms with Gasteiger partial charge in [-0.3, -0.25) is 9.36 Å². The Hall–Kier alpha value is -2.58. The van der Waals surface area contributed by atoms with Gasteiger partial charge in [0.15, 0.2) is 0 Å². The lowest BCUT2D eigenvalue weighted by atomic mass is 10.1. The Kier molecular flexibility index (Phi) is 6.20. The molecule has 3 heterocycles. The van der Waals surface area contributed by atoms with Crippen molar-refractivity contribution < 1.29 is 13.5 Å². The molecule has 1 aliphatic rings. The minimum atomic E-state index is -0.609. The lowest BCUT2D eigenvalue weighted by Crippen LogP contribution is -2.44. The summed E-state index contributed by atoms with van der Waals surface area (Å²) in [6.07, 6.45) is 0.192. The smallest absolute Gasteiger partial charge is 0.263 e. The molecular formula is C22H23ClF2N4O2. The fourth-order valence-corrected chi connectivity index (χ4v) is 4.04. The van der Waals surface area contributed by atoms with E-state index in [-0.39, 0.29) is 27.2 Å². The van der Waals surface area contributed by atoms with Gasteiger partial charge in [0, 0.05) is 36.3 Å². The van der Waals surface area contributed by atoms with E-state index in [1.807, 2.05) is 11.8 Å². The van der Waals surface area contributed by atoms with Gasteiger partial charge in [0.25, 0.3) is 5.56 Å². The minimum Gasteiger partial charge on any atom is -0.372 e. The van der Waals surface area contributed by atoms with Crippen molar-refractivity contribution in [2.45, 2.75) is 32.9 Å². The summed E-state index contributed by atoms with van der Waals surface area (Å²) in [6, 6.07) is 5.96. The zero-order chi connectivity index (χ0) is 22.1. The molecule has 1 fully saturated rings. The number of aromatic nitrogens is 3. The highest BCUT2D eigenvalue weighted by Gasteiger charge is 2.25. The third kappa shape index (κ3) is 4.14. The van der Waals surface area contributed by atoms with Gasteiger partial charge in [-0.15, -0.1) is 0 Å². The van der Waals surface area contributed by atoms with E-state index in [1.54, 1.807) is 23.6 Å². The standard InChI is InChI=1S/C22H23ClF2N4O2/c1-3-6-29-13(2)26-18-10-19(28-7-8-31-15(11-24)12-28)27-21(20(18)22(29)30)16-5-4-14(23)9-17(16)25/h4-5,9-10,15H,3,6-8,11-12H2,1-2H3/t15-/m1/s1. The van der Waals surface area contributed by atoms with Crippen molar-refractivity contribution >= 4 is 28.3 Å². The minimum absolute atomic E-state index is 0.164. The molecule has 0 aliphatic carbocycles. The molecule has 1 aromatic carbocycles. The fraction of sp³-hybridized carbons (Fsp3) is 0.409. The predicted molar refractivity (Wildman–Crippen MR) is 117 cm³/mol. The number of fused-ring (bicyclic) bond motifs is 1. The van der Waals surface area contributed by atoms with Crippen LogP contribution in [0, 0.1) is 12.7 Å². The van der Waals surface area contributed by atoms with Crippen molar-refractivity contribution in [1.29, 1.82) is 0 Å². The van der Waals surface area contributed by atoms with Gasteiger partial charge in [-0.1, -0.05) is 18.5 Å². The first-order valence-electron chi connectivity index (χ1n) is 10.2. The number of anilines is 1. The third-order valence-corrected chi connectivity index (χ3v) is 5.62. The topological polar surface area (TPSA) is 60.3 Å². The van der Waals surface area contributed by atoms with E-state index in [2.05, 4.69) is 9.97 Å². The Bertz CT molecular complexity index is 1180. The molecule has 0 unspecified atom stereocenters. The van der Waals surface area contributed by atoms with E-state index >= 15 is 0 Å². The van der Waals surface area contributed by atoms with Crippen LogP contribution in [0.5, 0.6) is 0 Å². The number of halogens is 3. The number of hydrogen-bond donors (Lipinski definition) is 0. The van der Waals surface area contributed by atoms with Gasteiger partial charge in [-0.05, 0) is 31.5 Å². The second-order valence-corrected chi connectivity index (χ2v) is 7.99. The number of aryl methyl sites for hydroxylation is 1. The zero-order valence-electron chi connectivity index (χ0n) is 17.4. The van der Waals surface area contributed by atoms with Gasteiger partial charge >= 0.3 is 0 Å². The molecule has 4 rings (SSSR count). The molecule has 1 atom stereocenters. The molecule has 0 amide bonds. The highest BCUT2D eigenvalue weighted by atomic mass is 35.5. The van der Waals surface area contributed by atoms with Gasteiger partial charge in [0.1, 0.15) is 30.2 Å². The van der Waals surface area contributed by atoms with Crippen LogP contribution in [0.2, 0.25) is 5.02 Å². The second kappa shape index (κ2) is 8.88. The molecule has 9 heteroatoms. The maximum atomic E-state index is 14.9. The van der Waals surface area contributed by atoms with Gasteiger partial charge < -0.3 is 9.64 Å². The summed E-state index contributed by atoms with van der Waals surface area (Å²) in [7, 11) is 0. The number of morpholine rings is 1. The Balaban J connectivity index is 1.98. The molecule has 1 saturated heterocycles. The number of pyridine rings is 1. The summed E-state index contributed by atoms with van der Waals surface area (Å²) in [6.45, 7) is 4.79. The van der Waals surface area contributed by atoms with E-state index in [9.17, 15) is 13.6 Å². The average Bonchev–Trinajstić information content (AvgIpc) is 2.76. The third-order valence-electron chi connectivity index (χ3n) is 5.39. The number of rotatable bonds is 5. The van der Waals surface area contributed by atoms with Crippen LogP contribution in [0.25, 0.3) is 22.2 Å². The molecule has 6 nitrogen and oxygen atoms in total. The lowest BCUT2D eigenvalue weighted by molar-refractivity contribution is 0.0245.